The number of carbonyl (C=O) groups excluding carboxylic acids is 2. The van der Waals surface area contributed by atoms with E-state index in [4.69, 9.17) is 4.74 Å². The van der Waals surface area contributed by atoms with E-state index in [9.17, 15) is 14.7 Å². The number of hydrogen-bond donors (Lipinski definition) is 2. The van der Waals surface area contributed by atoms with Gasteiger partial charge in [0.2, 0.25) is 5.91 Å². The van der Waals surface area contributed by atoms with Crippen molar-refractivity contribution in [3.8, 4) is 0 Å². The first-order valence-electron chi connectivity index (χ1n) is 9.02. The second-order valence-electron chi connectivity index (χ2n) is 6.65. The maximum Gasteiger partial charge on any atom is 0.407 e. The minimum Gasteiger partial charge on any atom is -0.450 e. The summed E-state index contributed by atoms with van der Waals surface area (Å²) in [5.74, 6) is 0.411. The lowest BCUT2D eigenvalue weighted by molar-refractivity contribution is -0.140. The van der Waals surface area contributed by atoms with Gasteiger partial charge in [-0.2, -0.15) is 0 Å². The molecule has 1 heterocycles. The molecule has 23 heavy (non-hydrogen) atoms. The number of alkyl carbamates (subject to hydrolysis) is 1. The second-order valence-corrected chi connectivity index (χ2v) is 6.65. The van der Waals surface area contributed by atoms with Gasteiger partial charge in [0.05, 0.1) is 13.2 Å². The topological polar surface area (TPSA) is 78.9 Å². The third-order valence-electron chi connectivity index (χ3n) is 5.03. The molecule has 3 atom stereocenters. The minimum absolute atomic E-state index is 0.170. The number of nitrogens with one attached hydrogen (secondary N) is 1. The van der Waals surface area contributed by atoms with Crippen LogP contribution in [0.1, 0.15) is 58.3 Å². The summed E-state index contributed by atoms with van der Waals surface area (Å²) in [6.45, 7) is 2.68. The molecule has 1 saturated heterocycles. The van der Waals surface area contributed by atoms with Crippen LogP contribution in [0.5, 0.6) is 0 Å². The Balaban J connectivity index is 1.91. The number of aliphatic hydroxyl groups excluding tert-OH is 1. The van der Waals surface area contributed by atoms with Crippen LogP contribution in [0.2, 0.25) is 0 Å². The first-order chi connectivity index (χ1) is 11.2. The van der Waals surface area contributed by atoms with Gasteiger partial charge >= 0.3 is 6.09 Å². The summed E-state index contributed by atoms with van der Waals surface area (Å²) in [6, 6.07) is -0.623. The van der Waals surface area contributed by atoms with Crippen LogP contribution in [0.3, 0.4) is 0 Å². The highest BCUT2D eigenvalue weighted by Gasteiger charge is 2.38. The Morgan fingerprint density at radius 1 is 1.26 bits per heavy atom. The molecule has 1 saturated carbocycles. The number of rotatable bonds is 6. The maximum atomic E-state index is 12.7. The van der Waals surface area contributed by atoms with Gasteiger partial charge in [-0.25, -0.2) is 4.79 Å². The minimum atomic E-state index is -0.898. The summed E-state index contributed by atoms with van der Waals surface area (Å²) in [7, 11) is 0. The summed E-state index contributed by atoms with van der Waals surface area (Å²) in [5, 5.41) is 12.0. The Morgan fingerprint density at radius 2 is 2.00 bits per heavy atom. The van der Waals surface area contributed by atoms with E-state index in [0.29, 0.717) is 12.5 Å². The summed E-state index contributed by atoms with van der Waals surface area (Å²) in [4.78, 5) is 26.4. The average molecular weight is 326 g/mol. The number of piperidine rings is 1. The van der Waals surface area contributed by atoms with Crippen LogP contribution >= 0.6 is 0 Å². The average Bonchev–Trinajstić information content (AvgIpc) is 2.59. The van der Waals surface area contributed by atoms with Gasteiger partial charge in [-0.15, -0.1) is 0 Å². The second kappa shape index (κ2) is 9.11. The Hall–Kier alpha value is -1.30. The zero-order valence-corrected chi connectivity index (χ0v) is 14.1. The Labute approximate surface area is 138 Å². The molecule has 0 aromatic rings. The molecule has 132 valence electrons. The fraction of sp³-hybridized carbons (Fsp3) is 0.882. The van der Waals surface area contributed by atoms with Crippen molar-refractivity contribution in [2.45, 2.75) is 70.4 Å². The van der Waals surface area contributed by atoms with Crippen molar-refractivity contribution in [2.24, 2.45) is 5.92 Å². The number of likely N-dealkylation sites (tertiary alicyclic amines) is 1. The number of amides is 2. The molecule has 0 aromatic heterocycles. The molecule has 6 nitrogen and oxygen atoms in total. The van der Waals surface area contributed by atoms with Crippen LogP contribution in [0.15, 0.2) is 0 Å². The van der Waals surface area contributed by atoms with Gasteiger partial charge in [0.25, 0.3) is 0 Å². The molecule has 0 spiro atoms. The summed E-state index contributed by atoms with van der Waals surface area (Å²) in [6.07, 6.45) is 7.92. The van der Waals surface area contributed by atoms with Crippen LogP contribution in [0.4, 0.5) is 4.79 Å². The lowest BCUT2D eigenvalue weighted by Gasteiger charge is -2.45. The third kappa shape index (κ3) is 4.83. The molecule has 2 fully saturated rings. The maximum absolute atomic E-state index is 12.7. The van der Waals surface area contributed by atoms with Gasteiger partial charge in [0.1, 0.15) is 6.04 Å². The fourth-order valence-corrected chi connectivity index (χ4v) is 3.78. The Kier molecular flexibility index (Phi) is 7.15. The van der Waals surface area contributed by atoms with E-state index in [0.717, 1.165) is 38.6 Å². The van der Waals surface area contributed by atoms with Gasteiger partial charge in [-0.05, 0) is 38.0 Å². The monoisotopic (exact) mass is 326 g/mol. The van der Waals surface area contributed by atoms with Crippen molar-refractivity contribution >= 4 is 12.0 Å². The van der Waals surface area contributed by atoms with Gasteiger partial charge in [0.15, 0.2) is 0 Å². The highest BCUT2D eigenvalue weighted by Crippen LogP contribution is 2.35. The molecule has 1 aliphatic carbocycles. The van der Waals surface area contributed by atoms with Crippen molar-refractivity contribution in [3.63, 3.8) is 0 Å². The molecular formula is C17H30N2O4. The molecule has 2 amide bonds. The van der Waals surface area contributed by atoms with Crippen molar-refractivity contribution in [3.05, 3.63) is 0 Å². The molecule has 2 N–H and O–H groups in total. The van der Waals surface area contributed by atoms with E-state index >= 15 is 0 Å². The largest absolute Gasteiger partial charge is 0.450 e. The zero-order valence-electron chi connectivity index (χ0n) is 14.1. The van der Waals surface area contributed by atoms with E-state index in [2.05, 4.69) is 5.32 Å². The predicted octanol–water partition coefficient (Wildman–Crippen LogP) is 2.05. The summed E-state index contributed by atoms with van der Waals surface area (Å²) >= 11 is 0. The SMILES string of the molecule is CCCCOC(=O)N[C@H](CO)C(=O)N1CCC[C@H]2CCCC[C@@H]21. The normalized spacial score (nSPS) is 25.4. The number of fused-ring (bicyclic) bond motifs is 1. The van der Waals surface area contributed by atoms with E-state index in [1.807, 2.05) is 11.8 Å². The standard InChI is InChI=1S/C17H30N2O4/c1-2-3-11-23-17(22)18-14(12-20)16(21)19-10-6-8-13-7-4-5-9-15(13)19/h13-15,20H,2-12H2,1H3,(H,18,22)/t13-,14-,15+/m1/s1. The van der Waals surface area contributed by atoms with E-state index in [1.165, 1.54) is 19.3 Å². The van der Waals surface area contributed by atoms with Crippen molar-refractivity contribution < 1.29 is 19.4 Å². The van der Waals surface area contributed by atoms with Gasteiger partial charge in [-0.1, -0.05) is 26.2 Å². The van der Waals surface area contributed by atoms with E-state index in [1.54, 1.807) is 0 Å². The van der Waals surface area contributed by atoms with Crippen molar-refractivity contribution in [1.82, 2.24) is 10.2 Å². The van der Waals surface area contributed by atoms with Crippen molar-refractivity contribution in [1.29, 1.82) is 0 Å². The summed E-state index contributed by atoms with van der Waals surface area (Å²) in [5.41, 5.74) is 0. The lowest BCUT2D eigenvalue weighted by atomic mass is 9.78. The third-order valence-corrected chi connectivity index (χ3v) is 5.03. The number of aliphatic hydroxyl groups is 1. The number of unbranched alkanes of at least 4 members (excludes halogenated alkanes) is 1. The molecular weight excluding hydrogens is 296 g/mol. The Morgan fingerprint density at radius 3 is 2.74 bits per heavy atom. The molecule has 0 radical (unpaired) electrons. The van der Waals surface area contributed by atoms with Gasteiger partial charge in [0, 0.05) is 12.6 Å². The first-order valence-corrected chi connectivity index (χ1v) is 9.02. The molecule has 0 unspecified atom stereocenters. The van der Waals surface area contributed by atoms with Gasteiger partial charge < -0.3 is 20.1 Å². The quantitative estimate of drug-likeness (QED) is 0.732. The van der Waals surface area contributed by atoms with E-state index < -0.39 is 18.7 Å². The fourth-order valence-electron chi connectivity index (χ4n) is 3.78. The van der Waals surface area contributed by atoms with Crippen LogP contribution in [0, 0.1) is 5.92 Å². The van der Waals surface area contributed by atoms with Crippen LogP contribution in [-0.4, -0.2) is 53.8 Å². The number of nitrogens with zero attached hydrogens (tertiary/aromatic N) is 1. The van der Waals surface area contributed by atoms with Crippen molar-refractivity contribution in [2.75, 3.05) is 19.8 Å². The number of carbonyl (C=O) groups is 2. The lowest BCUT2D eigenvalue weighted by Crippen LogP contribution is -2.57. The molecule has 6 heteroatoms. The smallest absolute Gasteiger partial charge is 0.407 e. The molecule has 0 bridgehead atoms. The van der Waals surface area contributed by atoms with Crippen LogP contribution in [-0.2, 0) is 9.53 Å². The zero-order chi connectivity index (χ0) is 16.7. The van der Waals surface area contributed by atoms with Crippen LogP contribution < -0.4 is 5.32 Å². The first kappa shape index (κ1) is 18.0. The van der Waals surface area contributed by atoms with Crippen LogP contribution in [0.25, 0.3) is 0 Å². The van der Waals surface area contributed by atoms with E-state index in [-0.39, 0.29) is 11.9 Å². The number of hydrogen-bond acceptors (Lipinski definition) is 4. The predicted molar refractivity (Wildman–Crippen MR) is 87.0 cm³/mol. The molecule has 2 rings (SSSR count). The number of ether oxygens (including phenoxy) is 1. The highest BCUT2D eigenvalue weighted by atomic mass is 16.5. The summed E-state index contributed by atoms with van der Waals surface area (Å²) < 4.78 is 5.03. The highest BCUT2D eigenvalue weighted by molar-refractivity contribution is 5.86. The molecule has 0 aromatic carbocycles. The van der Waals surface area contributed by atoms with Gasteiger partial charge in [-0.3, -0.25) is 4.79 Å². The molecule has 2 aliphatic rings. The molecule has 1 aliphatic heterocycles. The Bertz CT molecular complexity index is 400.